The summed E-state index contributed by atoms with van der Waals surface area (Å²) in [6.45, 7) is 4.50. The third-order valence-electron chi connectivity index (χ3n) is 2.66. The van der Waals surface area contributed by atoms with Crippen molar-refractivity contribution < 1.29 is 9.13 Å². The molecular weight excluding hydrogens is 313 g/mol. The molecule has 0 aliphatic rings. The van der Waals surface area contributed by atoms with Gasteiger partial charge >= 0.3 is 0 Å². The number of hydrogen-bond donors (Lipinski definition) is 1. The number of benzene rings is 1. The van der Waals surface area contributed by atoms with Crippen molar-refractivity contribution in [3.05, 3.63) is 34.2 Å². The van der Waals surface area contributed by atoms with E-state index in [1.54, 1.807) is 23.7 Å². The van der Waals surface area contributed by atoms with Gasteiger partial charge in [0.1, 0.15) is 5.69 Å². The minimum absolute atomic E-state index is 0.132. The topological polar surface area (TPSA) is 53.1 Å². The fourth-order valence-electron chi connectivity index (χ4n) is 1.71. The molecule has 1 aromatic carbocycles. The van der Waals surface area contributed by atoms with Crippen LogP contribution in [0.3, 0.4) is 0 Å². The Hall–Kier alpha value is -1.56. The molecule has 0 aliphatic carbocycles. The molecule has 0 fully saturated rings. The highest BCUT2D eigenvalue weighted by molar-refractivity contribution is 9.10. The third kappa shape index (κ3) is 2.89. The summed E-state index contributed by atoms with van der Waals surface area (Å²) >= 11 is 3.20. The molecule has 102 valence electrons. The molecule has 0 saturated heterocycles. The van der Waals surface area contributed by atoms with Gasteiger partial charge in [0, 0.05) is 11.0 Å². The molecule has 4 nitrogen and oxygen atoms in total. The predicted molar refractivity (Wildman–Crippen MR) is 75.8 cm³/mol. The molecule has 2 rings (SSSR count). The summed E-state index contributed by atoms with van der Waals surface area (Å²) in [5, 5.41) is 4.28. The Morgan fingerprint density at radius 3 is 2.84 bits per heavy atom. The number of hydrogen-bond acceptors (Lipinski definition) is 3. The van der Waals surface area contributed by atoms with E-state index < -0.39 is 5.82 Å². The highest BCUT2D eigenvalue weighted by Crippen LogP contribution is 2.32. The molecule has 0 unspecified atom stereocenters. The summed E-state index contributed by atoms with van der Waals surface area (Å²) in [4.78, 5) is 0. The van der Waals surface area contributed by atoms with Gasteiger partial charge in [-0.15, -0.1) is 0 Å². The first-order valence-corrected chi connectivity index (χ1v) is 6.78. The normalized spacial score (nSPS) is 10.7. The average Bonchev–Trinajstić information content (AvgIpc) is 2.61. The summed E-state index contributed by atoms with van der Waals surface area (Å²) in [7, 11) is 0. The number of nitrogens with two attached hydrogens (primary N) is 1. The number of anilines is 1. The van der Waals surface area contributed by atoms with Gasteiger partial charge < -0.3 is 10.5 Å². The first kappa shape index (κ1) is 13.9. The van der Waals surface area contributed by atoms with Crippen molar-refractivity contribution in [1.29, 1.82) is 0 Å². The molecule has 0 amide bonds. The Morgan fingerprint density at radius 2 is 2.21 bits per heavy atom. The zero-order chi connectivity index (χ0) is 14.0. The fraction of sp³-hybridized carbons (Fsp3) is 0.308. The lowest BCUT2D eigenvalue weighted by atomic mass is 10.3. The summed E-state index contributed by atoms with van der Waals surface area (Å²) < 4.78 is 21.7. The largest absolute Gasteiger partial charge is 0.434 e. The van der Waals surface area contributed by atoms with E-state index in [-0.39, 0.29) is 5.75 Å². The van der Waals surface area contributed by atoms with Crippen molar-refractivity contribution in [2.45, 2.75) is 26.8 Å². The Labute approximate surface area is 119 Å². The lowest BCUT2D eigenvalue weighted by molar-refractivity contribution is 0.389. The van der Waals surface area contributed by atoms with Gasteiger partial charge in [-0.2, -0.15) is 5.10 Å². The molecule has 2 N–H and O–H groups in total. The highest BCUT2D eigenvalue weighted by Gasteiger charge is 2.16. The van der Waals surface area contributed by atoms with Crippen molar-refractivity contribution in [3.8, 4) is 11.6 Å². The van der Waals surface area contributed by atoms with Gasteiger partial charge in [0.2, 0.25) is 5.88 Å². The molecule has 0 bridgehead atoms. The van der Waals surface area contributed by atoms with E-state index in [0.717, 1.165) is 6.42 Å². The number of aromatic nitrogens is 2. The van der Waals surface area contributed by atoms with Gasteiger partial charge in [-0.1, -0.05) is 22.9 Å². The Kier molecular flexibility index (Phi) is 4.09. The Morgan fingerprint density at radius 1 is 1.47 bits per heavy atom. The summed E-state index contributed by atoms with van der Waals surface area (Å²) in [5.41, 5.74) is 7.04. The van der Waals surface area contributed by atoms with Gasteiger partial charge in [-0.3, -0.25) is 0 Å². The maximum absolute atomic E-state index is 13.8. The van der Waals surface area contributed by atoms with E-state index in [1.807, 2.05) is 6.92 Å². The second kappa shape index (κ2) is 5.61. The van der Waals surface area contributed by atoms with Crippen LogP contribution in [0.5, 0.6) is 11.6 Å². The molecule has 19 heavy (non-hydrogen) atoms. The van der Waals surface area contributed by atoms with E-state index in [4.69, 9.17) is 10.5 Å². The second-order valence-corrected chi connectivity index (χ2v) is 5.12. The van der Waals surface area contributed by atoms with E-state index >= 15 is 0 Å². The molecule has 0 radical (unpaired) electrons. The van der Waals surface area contributed by atoms with Gasteiger partial charge in [0.05, 0.1) is 5.69 Å². The van der Waals surface area contributed by atoms with Gasteiger partial charge in [0.25, 0.3) is 0 Å². The molecule has 0 atom stereocenters. The number of aryl methyl sites for hydroxylation is 2. The molecular formula is C13H15BrFN3O. The molecule has 2 aromatic rings. The van der Waals surface area contributed by atoms with Gasteiger partial charge in [0.15, 0.2) is 11.6 Å². The van der Waals surface area contributed by atoms with Crippen LogP contribution in [0.1, 0.15) is 19.0 Å². The van der Waals surface area contributed by atoms with E-state index in [1.165, 1.54) is 6.07 Å². The number of ether oxygens (including phenoxy) is 1. The summed E-state index contributed by atoms with van der Waals surface area (Å²) in [6.07, 6.45) is 0.889. The van der Waals surface area contributed by atoms with Crippen LogP contribution in [0.25, 0.3) is 0 Å². The highest BCUT2D eigenvalue weighted by atomic mass is 79.9. The second-order valence-electron chi connectivity index (χ2n) is 4.20. The van der Waals surface area contributed by atoms with Gasteiger partial charge in [-0.25, -0.2) is 9.07 Å². The standard InChI is InChI=1S/C13H15BrFN3O/c1-3-6-18-13(12(16)8(2)17-18)19-11-5-4-9(14)7-10(11)15/h4-5,7H,3,6,16H2,1-2H3. The van der Waals surface area contributed by atoms with Crippen LogP contribution in [0.15, 0.2) is 22.7 Å². The molecule has 1 heterocycles. The quantitative estimate of drug-likeness (QED) is 0.927. The van der Waals surface area contributed by atoms with Crippen LogP contribution in [-0.4, -0.2) is 9.78 Å². The number of halogens is 2. The first-order valence-electron chi connectivity index (χ1n) is 5.98. The lowest BCUT2D eigenvalue weighted by Gasteiger charge is -2.09. The van der Waals surface area contributed by atoms with Crippen molar-refractivity contribution in [1.82, 2.24) is 9.78 Å². The monoisotopic (exact) mass is 327 g/mol. The van der Waals surface area contributed by atoms with E-state index in [0.29, 0.717) is 28.3 Å². The number of rotatable bonds is 4. The maximum Gasteiger partial charge on any atom is 0.241 e. The first-order chi connectivity index (χ1) is 9.02. The van der Waals surface area contributed by atoms with E-state index in [2.05, 4.69) is 21.0 Å². The summed E-state index contributed by atoms with van der Waals surface area (Å²) in [6, 6.07) is 4.61. The van der Waals surface area contributed by atoms with Crippen LogP contribution in [0.4, 0.5) is 10.1 Å². The van der Waals surface area contributed by atoms with Crippen molar-refractivity contribution in [2.24, 2.45) is 0 Å². The summed E-state index contributed by atoms with van der Waals surface area (Å²) in [5.74, 6) is 0.0726. The Bertz CT molecular complexity index is 598. The third-order valence-corrected chi connectivity index (χ3v) is 3.15. The molecule has 1 aromatic heterocycles. The predicted octanol–water partition coefficient (Wildman–Crippen LogP) is 3.88. The SMILES string of the molecule is CCCn1nc(C)c(N)c1Oc1ccc(Br)cc1F. The van der Waals surface area contributed by atoms with Crippen molar-refractivity contribution >= 4 is 21.6 Å². The van der Waals surface area contributed by atoms with Crippen LogP contribution in [0.2, 0.25) is 0 Å². The number of nitrogens with zero attached hydrogens (tertiary/aromatic N) is 2. The van der Waals surface area contributed by atoms with Crippen molar-refractivity contribution in [2.75, 3.05) is 5.73 Å². The minimum atomic E-state index is -0.448. The van der Waals surface area contributed by atoms with Crippen LogP contribution < -0.4 is 10.5 Å². The molecule has 6 heteroatoms. The average molecular weight is 328 g/mol. The van der Waals surface area contributed by atoms with Gasteiger partial charge in [-0.05, 0) is 31.5 Å². The number of nitrogen functional groups attached to an aromatic ring is 1. The smallest absolute Gasteiger partial charge is 0.241 e. The zero-order valence-electron chi connectivity index (χ0n) is 10.8. The Balaban J connectivity index is 2.37. The van der Waals surface area contributed by atoms with E-state index in [9.17, 15) is 4.39 Å². The minimum Gasteiger partial charge on any atom is -0.434 e. The fourth-order valence-corrected chi connectivity index (χ4v) is 2.04. The van der Waals surface area contributed by atoms with Crippen LogP contribution >= 0.6 is 15.9 Å². The molecule has 0 saturated carbocycles. The lowest BCUT2D eigenvalue weighted by Crippen LogP contribution is -2.03. The zero-order valence-corrected chi connectivity index (χ0v) is 12.4. The molecule has 0 spiro atoms. The van der Waals surface area contributed by atoms with Crippen LogP contribution in [-0.2, 0) is 6.54 Å². The maximum atomic E-state index is 13.8. The van der Waals surface area contributed by atoms with Crippen LogP contribution in [0, 0.1) is 12.7 Å². The molecule has 0 aliphatic heterocycles. The van der Waals surface area contributed by atoms with Crippen molar-refractivity contribution in [3.63, 3.8) is 0 Å².